The van der Waals surface area contributed by atoms with Gasteiger partial charge in [0.15, 0.2) is 4.90 Å². The van der Waals surface area contributed by atoms with Gasteiger partial charge in [-0.2, -0.15) is 0 Å². The molecule has 0 saturated carbocycles. The highest BCUT2D eigenvalue weighted by Gasteiger charge is 2.22. The summed E-state index contributed by atoms with van der Waals surface area (Å²) in [6.45, 7) is -0.351. The zero-order valence-corrected chi connectivity index (χ0v) is 12.2. The molecule has 20 heavy (non-hydrogen) atoms. The molecule has 1 heterocycles. The van der Waals surface area contributed by atoms with Crippen LogP contribution < -0.4 is 16.0 Å². The molecule has 0 radical (unpaired) electrons. The van der Waals surface area contributed by atoms with E-state index < -0.39 is 32.3 Å². The first-order valence-electron chi connectivity index (χ1n) is 5.64. The zero-order chi connectivity index (χ0) is 15.5. The second-order valence-electron chi connectivity index (χ2n) is 4.21. The molecule has 1 atom stereocenters. The third-order valence-electron chi connectivity index (χ3n) is 2.57. The second-order valence-corrected chi connectivity index (χ2v) is 5.95. The van der Waals surface area contributed by atoms with E-state index in [0.717, 1.165) is 10.8 Å². The molecule has 0 bridgehead atoms. The van der Waals surface area contributed by atoms with Crippen LogP contribution >= 0.6 is 0 Å². The lowest BCUT2D eigenvalue weighted by Gasteiger charge is -2.12. The van der Waals surface area contributed by atoms with Crippen molar-refractivity contribution in [3.8, 4) is 0 Å². The smallest absolute Gasteiger partial charge is 0.330 e. The van der Waals surface area contributed by atoms with Crippen molar-refractivity contribution in [3.63, 3.8) is 0 Å². The predicted octanol–water partition coefficient (Wildman–Crippen LogP) is -2.63. The number of aliphatic hydroxyl groups is 1. The summed E-state index contributed by atoms with van der Waals surface area (Å²) in [5, 5.41) is 9.39. The van der Waals surface area contributed by atoms with Crippen LogP contribution in [0.25, 0.3) is 0 Å². The number of ether oxygens (including phenoxy) is 1. The Hall–Kier alpha value is -1.49. The van der Waals surface area contributed by atoms with Gasteiger partial charge < -0.3 is 14.4 Å². The van der Waals surface area contributed by atoms with E-state index in [0.29, 0.717) is 4.57 Å². The molecule has 1 aromatic heterocycles. The van der Waals surface area contributed by atoms with Crippen molar-refractivity contribution < 1.29 is 18.3 Å². The van der Waals surface area contributed by atoms with E-state index in [9.17, 15) is 23.1 Å². The minimum atomic E-state index is -4.12. The molecule has 0 aliphatic carbocycles. The molecule has 10 heteroatoms. The molecule has 0 amide bonds. The van der Waals surface area contributed by atoms with Crippen LogP contribution in [0.3, 0.4) is 0 Å². The normalized spacial score (nSPS) is 13.4. The zero-order valence-electron chi connectivity index (χ0n) is 11.4. The first-order valence-corrected chi connectivity index (χ1v) is 7.12. The van der Waals surface area contributed by atoms with Crippen LogP contribution in [0.5, 0.6) is 0 Å². The number of sulfonamides is 1. The fourth-order valence-corrected chi connectivity index (χ4v) is 2.73. The number of hydrogen-bond donors (Lipinski definition) is 2. The average molecular weight is 307 g/mol. The van der Waals surface area contributed by atoms with Crippen molar-refractivity contribution in [2.24, 2.45) is 14.1 Å². The Kier molecular flexibility index (Phi) is 5.22. The number of nitrogens with one attached hydrogen (secondary N) is 1. The molecule has 1 rings (SSSR count). The van der Waals surface area contributed by atoms with E-state index in [1.165, 1.54) is 21.2 Å². The van der Waals surface area contributed by atoms with Gasteiger partial charge in [-0.25, -0.2) is 17.9 Å². The summed E-state index contributed by atoms with van der Waals surface area (Å²) < 4.78 is 32.4. The number of rotatable bonds is 6. The lowest BCUT2D eigenvalue weighted by Crippen LogP contribution is -2.43. The van der Waals surface area contributed by atoms with Gasteiger partial charge in [0, 0.05) is 33.9 Å². The fourth-order valence-electron chi connectivity index (χ4n) is 1.49. The van der Waals surface area contributed by atoms with Gasteiger partial charge in [-0.05, 0) is 0 Å². The Morgan fingerprint density at radius 2 is 2.00 bits per heavy atom. The summed E-state index contributed by atoms with van der Waals surface area (Å²) in [6, 6.07) is 0. The van der Waals surface area contributed by atoms with Crippen molar-refractivity contribution in [2.75, 3.05) is 20.3 Å². The number of aliphatic hydroxyl groups excluding tert-OH is 1. The van der Waals surface area contributed by atoms with Crippen LogP contribution in [-0.4, -0.2) is 49.0 Å². The molecule has 1 aromatic rings. The summed E-state index contributed by atoms with van der Waals surface area (Å²) in [6.07, 6.45) is -0.0958. The van der Waals surface area contributed by atoms with Gasteiger partial charge in [0.25, 0.3) is 5.56 Å². The largest absolute Gasteiger partial charge is 0.389 e. The Morgan fingerprint density at radius 1 is 1.40 bits per heavy atom. The maximum atomic E-state index is 12.0. The van der Waals surface area contributed by atoms with Crippen molar-refractivity contribution in [3.05, 3.63) is 27.0 Å². The van der Waals surface area contributed by atoms with Gasteiger partial charge in [0.1, 0.15) is 0 Å². The molecule has 2 N–H and O–H groups in total. The quantitative estimate of drug-likeness (QED) is 0.593. The second kappa shape index (κ2) is 6.31. The lowest BCUT2D eigenvalue weighted by atomic mass is 10.4. The minimum Gasteiger partial charge on any atom is -0.389 e. The molecule has 0 saturated heterocycles. The highest BCUT2D eigenvalue weighted by molar-refractivity contribution is 7.89. The monoisotopic (exact) mass is 307 g/mol. The van der Waals surface area contributed by atoms with Crippen molar-refractivity contribution in [2.45, 2.75) is 11.0 Å². The van der Waals surface area contributed by atoms with E-state index in [1.807, 2.05) is 0 Å². The van der Waals surface area contributed by atoms with Crippen molar-refractivity contribution in [1.82, 2.24) is 13.9 Å². The number of methoxy groups -OCH3 is 1. The van der Waals surface area contributed by atoms with Crippen molar-refractivity contribution >= 4 is 10.0 Å². The lowest BCUT2D eigenvalue weighted by molar-refractivity contribution is 0.0679. The van der Waals surface area contributed by atoms with E-state index in [1.54, 1.807) is 0 Å². The third-order valence-corrected chi connectivity index (χ3v) is 3.98. The number of nitrogens with zero attached hydrogens (tertiary/aromatic N) is 2. The van der Waals surface area contributed by atoms with Crippen LogP contribution in [0.15, 0.2) is 20.7 Å². The number of aromatic nitrogens is 2. The summed E-state index contributed by atoms with van der Waals surface area (Å²) in [4.78, 5) is 22.7. The van der Waals surface area contributed by atoms with E-state index >= 15 is 0 Å². The van der Waals surface area contributed by atoms with Gasteiger partial charge in [0.05, 0.1) is 12.7 Å². The number of hydrogen-bond acceptors (Lipinski definition) is 6. The van der Waals surface area contributed by atoms with Crippen LogP contribution in [0.2, 0.25) is 0 Å². The van der Waals surface area contributed by atoms with Crippen molar-refractivity contribution in [1.29, 1.82) is 0 Å². The summed E-state index contributed by atoms with van der Waals surface area (Å²) in [5.41, 5.74) is -1.56. The molecule has 114 valence electrons. The fraction of sp³-hybridized carbons (Fsp3) is 0.600. The molecule has 0 spiro atoms. The van der Waals surface area contributed by atoms with Gasteiger partial charge in [0.2, 0.25) is 10.0 Å². The molecular weight excluding hydrogens is 290 g/mol. The third kappa shape index (κ3) is 3.54. The van der Waals surface area contributed by atoms with Crippen LogP contribution in [-0.2, 0) is 28.9 Å². The molecule has 0 aliphatic heterocycles. The molecule has 0 aliphatic rings. The Labute approximate surface area is 115 Å². The highest BCUT2D eigenvalue weighted by atomic mass is 32.2. The summed E-state index contributed by atoms with van der Waals surface area (Å²) in [7, 11) is -0.245. The summed E-state index contributed by atoms with van der Waals surface area (Å²) in [5.74, 6) is 0. The van der Waals surface area contributed by atoms with Gasteiger partial charge in [-0.1, -0.05) is 0 Å². The van der Waals surface area contributed by atoms with Gasteiger partial charge >= 0.3 is 5.69 Å². The highest BCUT2D eigenvalue weighted by Crippen LogP contribution is 2.00. The number of aryl methyl sites for hydroxylation is 1. The minimum absolute atomic E-state index is 0.0478. The van der Waals surface area contributed by atoms with Crippen LogP contribution in [0.4, 0.5) is 0 Å². The van der Waals surface area contributed by atoms with E-state index in [2.05, 4.69) is 9.46 Å². The molecule has 9 nitrogen and oxygen atoms in total. The molecular formula is C10H17N3O6S. The maximum Gasteiger partial charge on any atom is 0.330 e. The average Bonchev–Trinajstić information content (AvgIpc) is 2.38. The first kappa shape index (κ1) is 16.6. The first-order chi connectivity index (χ1) is 9.20. The Balaban J connectivity index is 3.12. The summed E-state index contributed by atoms with van der Waals surface area (Å²) >= 11 is 0. The van der Waals surface area contributed by atoms with Gasteiger partial charge in [-0.3, -0.25) is 9.36 Å². The topological polar surface area (TPSA) is 120 Å². The molecule has 0 aromatic carbocycles. The van der Waals surface area contributed by atoms with E-state index in [-0.39, 0.29) is 13.2 Å². The Morgan fingerprint density at radius 3 is 2.55 bits per heavy atom. The van der Waals surface area contributed by atoms with Gasteiger partial charge in [-0.15, -0.1) is 0 Å². The molecule has 1 unspecified atom stereocenters. The molecule has 0 fully saturated rings. The Bertz CT molecular complexity index is 690. The van der Waals surface area contributed by atoms with Crippen LogP contribution in [0.1, 0.15) is 0 Å². The SMILES string of the molecule is COCC(O)CNS(=O)(=O)c1cn(C)c(=O)n(C)c1=O. The van der Waals surface area contributed by atoms with Crippen LogP contribution in [0, 0.1) is 0 Å². The standard InChI is InChI=1S/C10H17N3O6S/c1-12-5-8(9(15)13(2)10(12)16)20(17,18)11-4-7(14)6-19-3/h5,7,11,14H,4,6H2,1-3H3. The van der Waals surface area contributed by atoms with E-state index in [4.69, 9.17) is 0 Å². The predicted molar refractivity (Wildman–Crippen MR) is 70.0 cm³/mol. The maximum absolute atomic E-state index is 12.0.